The van der Waals surface area contributed by atoms with Crippen LogP contribution in [0.3, 0.4) is 0 Å². The molecule has 2 aromatic heterocycles. The number of carboxylic acids is 1. The molecule has 0 aliphatic carbocycles. The number of para-hydroxylation sites is 1. The predicted octanol–water partition coefficient (Wildman–Crippen LogP) is 1.08. The maximum absolute atomic E-state index is 11.6. The van der Waals surface area contributed by atoms with Crippen LogP contribution in [-0.2, 0) is 11.2 Å². The third-order valence-electron chi connectivity index (χ3n) is 5.83. The third-order valence-corrected chi connectivity index (χ3v) is 5.83. The molecule has 0 bridgehead atoms. The van der Waals surface area contributed by atoms with Gasteiger partial charge in [-0.25, -0.2) is 10.4 Å². The molecule has 8 heteroatoms. The smallest absolute Gasteiger partial charge is 0.322 e. The summed E-state index contributed by atoms with van der Waals surface area (Å²) in [7, 11) is 0. The number of aromatic nitrogens is 3. The Morgan fingerprint density at radius 2 is 2.14 bits per heavy atom. The summed E-state index contributed by atoms with van der Waals surface area (Å²) in [4.78, 5) is 26.4. The van der Waals surface area contributed by atoms with Crippen molar-refractivity contribution in [2.45, 2.75) is 18.5 Å². The Morgan fingerprint density at radius 3 is 3.04 bits per heavy atom. The number of aliphatic carboxylic acids is 1. The van der Waals surface area contributed by atoms with Crippen molar-refractivity contribution >= 4 is 16.9 Å². The Hall–Kier alpha value is -2.81. The van der Waals surface area contributed by atoms with E-state index >= 15 is 0 Å². The van der Waals surface area contributed by atoms with E-state index in [1.165, 1.54) is 0 Å². The Balaban J connectivity index is 1.56. The number of hydrogen-bond donors (Lipinski definition) is 4. The number of rotatable bonds is 4. The van der Waals surface area contributed by atoms with Crippen LogP contribution in [0.1, 0.15) is 23.0 Å². The van der Waals surface area contributed by atoms with E-state index in [0.717, 1.165) is 40.8 Å². The summed E-state index contributed by atoms with van der Waals surface area (Å²) < 4.78 is 0. The molecule has 28 heavy (non-hydrogen) atoms. The summed E-state index contributed by atoms with van der Waals surface area (Å²) in [6, 6.07) is 9.57. The van der Waals surface area contributed by atoms with Gasteiger partial charge in [-0.15, -0.1) is 0 Å². The molecule has 0 spiro atoms. The normalized spacial score (nSPS) is 25.1. The van der Waals surface area contributed by atoms with E-state index in [9.17, 15) is 9.90 Å². The van der Waals surface area contributed by atoms with Crippen LogP contribution >= 0.6 is 0 Å². The molecule has 1 aromatic carbocycles. The van der Waals surface area contributed by atoms with Gasteiger partial charge in [0.1, 0.15) is 6.04 Å². The molecule has 0 amide bonds. The summed E-state index contributed by atoms with van der Waals surface area (Å²) in [5.74, 6) is -0.841. The average molecular weight is 378 g/mol. The second-order valence-corrected chi connectivity index (χ2v) is 7.43. The molecule has 3 atom stereocenters. The number of imidazole rings is 1. The lowest BCUT2D eigenvalue weighted by Crippen LogP contribution is -2.45. The first-order chi connectivity index (χ1) is 13.7. The van der Waals surface area contributed by atoms with Gasteiger partial charge in [-0.3, -0.25) is 20.1 Å². The van der Waals surface area contributed by atoms with Gasteiger partial charge >= 0.3 is 5.97 Å². The second kappa shape index (κ2) is 6.97. The molecule has 1 fully saturated rings. The Kier molecular flexibility index (Phi) is 4.31. The zero-order chi connectivity index (χ0) is 19.1. The number of nitrogens with one attached hydrogen (secondary N) is 3. The zero-order valence-electron chi connectivity index (χ0n) is 15.3. The summed E-state index contributed by atoms with van der Waals surface area (Å²) in [5, 5.41) is 10.6. The molecule has 0 radical (unpaired) electrons. The summed E-state index contributed by atoms with van der Waals surface area (Å²) in [6.07, 6.45) is 4.47. The molecule has 3 aromatic rings. The molecule has 144 valence electrons. The summed E-state index contributed by atoms with van der Waals surface area (Å²) in [6.45, 7) is 2.15. The Bertz CT molecular complexity index is 1010. The molecule has 0 saturated carbocycles. The van der Waals surface area contributed by atoms with Gasteiger partial charge in [0.15, 0.2) is 0 Å². The number of aromatic amines is 1. The first kappa shape index (κ1) is 17.3. The summed E-state index contributed by atoms with van der Waals surface area (Å²) >= 11 is 0. The van der Waals surface area contributed by atoms with Gasteiger partial charge in [-0.1, -0.05) is 18.2 Å². The number of benzene rings is 1. The average Bonchev–Trinajstić information content (AvgIpc) is 3.37. The standard InChI is InChI=1S/C20H22N6O2/c27-20(28)17-12(9-24-25-17)10-26-8-6-16-18(23-11-22-16)19(26)14-5-7-21-15-4-2-1-3-13(14)15/h1-5,7,11-12,17,19,24-25H,6,8-10H2,(H,22,23)(H,27,28). The highest BCUT2D eigenvalue weighted by Crippen LogP contribution is 2.37. The van der Waals surface area contributed by atoms with Crippen LogP contribution < -0.4 is 10.9 Å². The van der Waals surface area contributed by atoms with Crippen LogP contribution in [0, 0.1) is 5.92 Å². The van der Waals surface area contributed by atoms with Gasteiger partial charge in [0.25, 0.3) is 0 Å². The highest BCUT2D eigenvalue weighted by molar-refractivity contribution is 5.82. The maximum Gasteiger partial charge on any atom is 0.322 e. The number of carbonyl (C=O) groups is 1. The Labute approximate surface area is 162 Å². The van der Waals surface area contributed by atoms with E-state index in [-0.39, 0.29) is 12.0 Å². The minimum atomic E-state index is -0.821. The van der Waals surface area contributed by atoms with Crippen LogP contribution in [0.2, 0.25) is 0 Å². The van der Waals surface area contributed by atoms with Crippen molar-refractivity contribution in [2.75, 3.05) is 19.6 Å². The van der Waals surface area contributed by atoms with Gasteiger partial charge in [0.05, 0.1) is 23.6 Å². The first-order valence-electron chi connectivity index (χ1n) is 9.53. The molecule has 2 aliphatic heterocycles. The van der Waals surface area contributed by atoms with Crippen molar-refractivity contribution in [3.63, 3.8) is 0 Å². The minimum absolute atomic E-state index is 0.0198. The lowest BCUT2D eigenvalue weighted by atomic mass is 9.91. The molecule has 1 saturated heterocycles. The molecule has 2 aliphatic rings. The lowest BCUT2D eigenvalue weighted by molar-refractivity contribution is -0.140. The summed E-state index contributed by atoms with van der Waals surface area (Å²) in [5.41, 5.74) is 10.2. The zero-order valence-corrected chi connectivity index (χ0v) is 15.3. The van der Waals surface area contributed by atoms with Crippen molar-refractivity contribution in [2.24, 2.45) is 5.92 Å². The van der Waals surface area contributed by atoms with E-state index in [2.05, 4.69) is 42.8 Å². The fourth-order valence-corrected chi connectivity index (χ4v) is 4.49. The monoisotopic (exact) mass is 378 g/mol. The van der Waals surface area contributed by atoms with Crippen LogP contribution in [-0.4, -0.2) is 56.6 Å². The minimum Gasteiger partial charge on any atom is -0.480 e. The topological polar surface area (TPSA) is 106 Å². The van der Waals surface area contributed by atoms with Gasteiger partial charge in [0, 0.05) is 49.2 Å². The Morgan fingerprint density at radius 1 is 1.25 bits per heavy atom. The molecule has 5 rings (SSSR count). The number of nitrogens with zero attached hydrogens (tertiary/aromatic N) is 3. The molecule has 4 heterocycles. The van der Waals surface area contributed by atoms with Gasteiger partial charge in [-0.05, 0) is 17.7 Å². The SMILES string of the molecule is O=C(O)C1NNCC1CN1CCc2[nH]cnc2C1c1ccnc2ccccc12. The number of H-pyrrole nitrogens is 1. The molecular weight excluding hydrogens is 356 g/mol. The van der Waals surface area contributed by atoms with Crippen LogP contribution in [0.25, 0.3) is 10.9 Å². The quantitative estimate of drug-likeness (QED) is 0.538. The van der Waals surface area contributed by atoms with E-state index in [1.807, 2.05) is 24.4 Å². The molecule has 4 N–H and O–H groups in total. The first-order valence-corrected chi connectivity index (χ1v) is 9.53. The van der Waals surface area contributed by atoms with E-state index in [0.29, 0.717) is 13.1 Å². The number of fused-ring (bicyclic) bond motifs is 2. The van der Waals surface area contributed by atoms with E-state index in [4.69, 9.17) is 0 Å². The molecule has 3 unspecified atom stereocenters. The van der Waals surface area contributed by atoms with Crippen molar-refractivity contribution in [1.29, 1.82) is 0 Å². The molecular formula is C20H22N6O2. The predicted molar refractivity (Wildman–Crippen MR) is 104 cm³/mol. The largest absolute Gasteiger partial charge is 0.480 e. The van der Waals surface area contributed by atoms with Crippen molar-refractivity contribution in [3.8, 4) is 0 Å². The van der Waals surface area contributed by atoms with Crippen molar-refractivity contribution < 1.29 is 9.90 Å². The fourth-order valence-electron chi connectivity index (χ4n) is 4.49. The van der Waals surface area contributed by atoms with Crippen LogP contribution in [0.4, 0.5) is 0 Å². The number of pyridine rings is 1. The lowest BCUT2D eigenvalue weighted by Gasteiger charge is -2.37. The van der Waals surface area contributed by atoms with Gasteiger partial charge < -0.3 is 10.1 Å². The second-order valence-electron chi connectivity index (χ2n) is 7.43. The van der Waals surface area contributed by atoms with Crippen molar-refractivity contribution in [3.05, 3.63) is 59.8 Å². The number of carboxylic acid groups (broad SMARTS) is 1. The van der Waals surface area contributed by atoms with E-state index < -0.39 is 12.0 Å². The molecule has 8 nitrogen and oxygen atoms in total. The fraction of sp³-hybridized carbons (Fsp3) is 0.350. The third kappa shape index (κ3) is 2.86. The highest BCUT2D eigenvalue weighted by atomic mass is 16.4. The maximum atomic E-state index is 11.6. The number of hydrazine groups is 1. The van der Waals surface area contributed by atoms with E-state index in [1.54, 1.807) is 6.33 Å². The van der Waals surface area contributed by atoms with Gasteiger partial charge in [0.2, 0.25) is 0 Å². The highest BCUT2D eigenvalue weighted by Gasteiger charge is 2.38. The van der Waals surface area contributed by atoms with Crippen LogP contribution in [0.5, 0.6) is 0 Å². The number of hydrogen-bond acceptors (Lipinski definition) is 6. The van der Waals surface area contributed by atoms with Crippen LogP contribution in [0.15, 0.2) is 42.9 Å². The van der Waals surface area contributed by atoms with Crippen molar-refractivity contribution in [1.82, 2.24) is 30.7 Å². The van der Waals surface area contributed by atoms with Gasteiger partial charge in [-0.2, -0.15) is 0 Å².